The summed E-state index contributed by atoms with van der Waals surface area (Å²) in [7, 11) is 0. The lowest BCUT2D eigenvalue weighted by Crippen LogP contribution is -2.14. The maximum absolute atomic E-state index is 10.2. The zero-order chi connectivity index (χ0) is 10.7. The van der Waals surface area contributed by atoms with E-state index in [4.69, 9.17) is 11.6 Å². The molecule has 0 radical (unpaired) electrons. The lowest BCUT2D eigenvalue weighted by molar-refractivity contribution is 0.103. The van der Waals surface area contributed by atoms with E-state index in [0.717, 1.165) is 24.8 Å². The number of halogens is 1. The van der Waals surface area contributed by atoms with Crippen LogP contribution in [0.3, 0.4) is 0 Å². The number of hydrogen-bond donors (Lipinski definition) is 1. The molecule has 2 rings (SSSR count). The second kappa shape index (κ2) is 4.82. The van der Waals surface area contributed by atoms with Gasteiger partial charge in [0, 0.05) is 5.02 Å². The van der Waals surface area contributed by atoms with Crippen molar-refractivity contribution in [1.82, 2.24) is 0 Å². The third-order valence-electron chi connectivity index (χ3n) is 2.98. The Morgan fingerprint density at radius 1 is 1.27 bits per heavy atom. The molecular formula is C13H15ClO. The smallest absolute Gasteiger partial charge is 0.0835 e. The van der Waals surface area contributed by atoms with E-state index in [-0.39, 0.29) is 0 Å². The summed E-state index contributed by atoms with van der Waals surface area (Å²) in [6, 6.07) is 7.55. The lowest BCUT2D eigenvalue weighted by atomic mass is 9.86. The van der Waals surface area contributed by atoms with E-state index in [1.165, 1.54) is 0 Å². The molecule has 15 heavy (non-hydrogen) atoms. The number of rotatable bonds is 2. The third kappa shape index (κ3) is 2.42. The van der Waals surface area contributed by atoms with Gasteiger partial charge in [-0.2, -0.15) is 0 Å². The van der Waals surface area contributed by atoms with Gasteiger partial charge in [-0.1, -0.05) is 42.0 Å². The molecule has 1 aromatic rings. The van der Waals surface area contributed by atoms with Crippen molar-refractivity contribution >= 4 is 11.6 Å². The number of allylic oxidation sites excluding steroid dienone is 2. The maximum Gasteiger partial charge on any atom is 0.0835 e. The molecule has 0 spiro atoms. The molecule has 2 heteroatoms. The summed E-state index contributed by atoms with van der Waals surface area (Å²) in [5, 5.41) is 10.9. The normalized spacial score (nSPS) is 22.7. The van der Waals surface area contributed by atoms with Crippen LogP contribution in [0.4, 0.5) is 0 Å². The Balaban J connectivity index is 2.16. The highest BCUT2D eigenvalue weighted by Crippen LogP contribution is 2.34. The van der Waals surface area contributed by atoms with Crippen molar-refractivity contribution < 1.29 is 5.11 Å². The number of aliphatic hydroxyl groups is 1. The summed E-state index contributed by atoms with van der Waals surface area (Å²) in [6.07, 6.45) is 6.95. The fraction of sp³-hybridized carbons (Fsp3) is 0.385. The van der Waals surface area contributed by atoms with Gasteiger partial charge in [-0.05, 0) is 36.8 Å². The first kappa shape index (κ1) is 10.7. The SMILES string of the molecule is OC(c1ccccc1Cl)C1CC=CCC1. The number of benzene rings is 1. The minimum atomic E-state index is -0.427. The fourth-order valence-electron chi connectivity index (χ4n) is 2.07. The molecule has 0 aliphatic heterocycles. The molecule has 0 heterocycles. The van der Waals surface area contributed by atoms with Gasteiger partial charge >= 0.3 is 0 Å². The largest absolute Gasteiger partial charge is 0.388 e. The summed E-state index contributed by atoms with van der Waals surface area (Å²) in [5.41, 5.74) is 0.861. The second-order valence-corrected chi connectivity index (χ2v) is 4.42. The van der Waals surface area contributed by atoms with E-state index >= 15 is 0 Å². The molecule has 0 aromatic heterocycles. The van der Waals surface area contributed by atoms with Crippen molar-refractivity contribution in [2.75, 3.05) is 0 Å². The summed E-state index contributed by atoms with van der Waals surface area (Å²) in [6.45, 7) is 0. The van der Waals surface area contributed by atoms with Gasteiger partial charge < -0.3 is 5.11 Å². The molecule has 1 aliphatic carbocycles. The second-order valence-electron chi connectivity index (χ2n) is 4.01. The van der Waals surface area contributed by atoms with Crippen LogP contribution in [0, 0.1) is 5.92 Å². The van der Waals surface area contributed by atoms with Crippen molar-refractivity contribution in [2.24, 2.45) is 5.92 Å². The van der Waals surface area contributed by atoms with Gasteiger partial charge in [-0.15, -0.1) is 0 Å². The van der Waals surface area contributed by atoms with Crippen molar-refractivity contribution in [3.63, 3.8) is 0 Å². The first-order valence-corrected chi connectivity index (χ1v) is 5.74. The summed E-state index contributed by atoms with van der Waals surface area (Å²) < 4.78 is 0. The van der Waals surface area contributed by atoms with E-state index in [0.29, 0.717) is 10.9 Å². The highest BCUT2D eigenvalue weighted by molar-refractivity contribution is 6.31. The highest BCUT2D eigenvalue weighted by atomic mass is 35.5. The Labute approximate surface area is 95.4 Å². The molecule has 0 fully saturated rings. The van der Waals surface area contributed by atoms with Crippen molar-refractivity contribution in [3.8, 4) is 0 Å². The third-order valence-corrected chi connectivity index (χ3v) is 3.32. The van der Waals surface area contributed by atoms with Crippen LogP contribution in [0.15, 0.2) is 36.4 Å². The van der Waals surface area contributed by atoms with Crippen LogP contribution in [0.5, 0.6) is 0 Å². The molecule has 2 atom stereocenters. The number of hydrogen-bond acceptors (Lipinski definition) is 1. The quantitative estimate of drug-likeness (QED) is 0.756. The maximum atomic E-state index is 10.2. The first-order chi connectivity index (χ1) is 7.29. The van der Waals surface area contributed by atoms with Crippen LogP contribution < -0.4 is 0 Å². The van der Waals surface area contributed by atoms with Crippen molar-refractivity contribution in [3.05, 3.63) is 47.0 Å². The lowest BCUT2D eigenvalue weighted by Gasteiger charge is -2.24. The predicted molar refractivity (Wildman–Crippen MR) is 62.9 cm³/mol. The average molecular weight is 223 g/mol. The molecular weight excluding hydrogens is 208 g/mol. The van der Waals surface area contributed by atoms with E-state index < -0.39 is 6.10 Å². The zero-order valence-electron chi connectivity index (χ0n) is 8.57. The van der Waals surface area contributed by atoms with Crippen LogP contribution in [0.25, 0.3) is 0 Å². The average Bonchev–Trinajstić information content (AvgIpc) is 2.30. The Kier molecular flexibility index (Phi) is 3.45. The molecule has 0 bridgehead atoms. The van der Waals surface area contributed by atoms with Gasteiger partial charge in [-0.25, -0.2) is 0 Å². The van der Waals surface area contributed by atoms with Gasteiger partial charge in [0.05, 0.1) is 6.10 Å². The van der Waals surface area contributed by atoms with E-state index in [1.54, 1.807) is 0 Å². The summed E-state index contributed by atoms with van der Waals surface area (Å²) in [4.78, 5) is 0. The summed E-state index contributed by atoms with van der Waals surface area (Å²) in [5.74, 6) is 0.315. The fourth-order valence-corrected chi connectivity index (χ4v) is 2.32. The van der Waals surface area contributed by atoms with Crippen LogP contribution in [-0.2, 0) is 0 Å². The van der Waals surface area contributed by atoms with E-state index in [9.17, 15) is 5.11 Å². The van der Waals surface area contributed by atoms with E-state index in [1.807, 2.05) is 24.3 Å². The molecule has 0 saturated heterocycles. The molecule has 1 aliphatic rings. The Hall–Kier alpha value is -0.790. The molecule has 1 N–H and O–H groups in total. The van der Waals surface area contributed by atoms with Crippen molar-refractivity contribution in [2.45, 2.75) is 25.4 Å². The Morgan fingerprint density at radius 2 is 2.07 bits per heavy atom. The van der Waals surface area contributed by atoms with Crippen LogP contribution >= 0.6 is 11.6 Å². The predicted octanol–water partition coefficient (Wildman–Crippen LogP) is 3.73. The summed E-state index contributed by atoms with van der Waals surface area (Å²) >= 11 is 6.06. The first-order valence-electron chi connectivity index (χ1n) is 5.36. The molecule has 2 unspecified atom stereocenters. The van der Waals surface area contributed by atoms with Crippen LogP contribution in [0.1, 0.15) is 30.9 Å². The molecule has 0 amide bonds. The molecule has 80 valence electrons. The Bertz CT molecular complexity index is 359. The minimum Gasteiger partial charge on any atom is -0.388 e. The highest BCUT2D eigenvalue weighted by Gasteiger charge is 2.22. The molecule has 1 aromatic carbocycles. The van der Waals surface area contributed by atoms with Crippen LogP contribution in [0.2, 0.25) is 5.02 Å². The topological polar surface area (TPSA) is 20.2 Å². The van der Waals surface area contributed by atoms with Gasteiger partial charge in [-0.3, -0.25) is 0 Å². The van der Waals surface area contributed by atoms with Gasteiger partial charge in [0.25, 0.3) is 0 Å². The standard InChI is InChI=1S/C13H15ClO/c14-12-9-5-4-8-11(12)13(15)10-6-2-1-3-7-10/h1-2,4-5,8-10,13,15H,3,6-7H2. The van der Waals surface area contributed by atoms with Gasteiger partial charge in [0.2, 0.25) is 0 Å². The van der Waals surface area contributed by atoms with E-state index in [2.05, 4.69) is 12.2 Å². The Morgan fingerprint density at radius 3 is 2.73 bits per heavy atom. The monoisotopic (exact) mass is 222 g/mol. The van der Waals surface area contributed by atoms with Crippen LogP contribution in [-0.4, -0.2) is 5.11 Å². The van der Waals surface area contributed by atoms with Crippen molar-refractivity contribution in [1.29, 1.82) is 0 Å². The zero-order valence-corrected chi connectivity index (χ0v) is 9.32. The minimum absolute atomic E-state index is 0.315. The molecule has 0 saturated carbocycles. The number of aliphatic hydroxyl groups excluding tert-OH is 1. The van der Waals surface area contributed by atoms with Gasteiger partial charge in [0.1, 0.15) is 0 Å². The molecule has 1 nitrogen and oxygen atoms in total. The van der Waals surface area contributed by atoms with Gasteiger partial charge in [0.15, 0.2) is 0 Å².